The smallest absolute Gasteiger partial charge is 0.310 e. The molecule has 0 aliphatic carbocycles. The summed E-state index contributed by atoms with van der Waals surface area (Å²) in [6.45, 7) is 0.800. The van der Waals surface area contributed by atoms with Crippen molar-refractivity contribution >= 4 is 28.6 Å². The van der Waals surface area contributed by atoms with Crippen molar-refractivity contribution in [1.29, 1.82) is 0 Å². The van der Waals surface area contributed by atoms with Crippen LogP contribution in [0, 0.1) is 16.0 Å². The molecule has 8 heteroatoms. The highest BCUT2D eigenvalue weighted by atomic mass is 16.6. The van der Waals surface area contributed by atoms with E-state index in [0.29, 0.717) is 30.1 Å². The minimum absolute atomic E-state index is 0.00489. The Morgan fingerprint density at radius 2 is 2.26 bits per heavy atom. The molecule has 3 rings (SSSR count). The molecule has 1 aliphatic rings. The Labute approximate surface area is 106 Å². The maximum Gasteiger partial charge on any atom is 0.310 e. The Morgan fingerprint density at radius 3 is 2.89 bits per heavy atom. The number of hydrogen-bond donors (Lipinski definition) is 2. The van der Waals surface area contributed by atoms with Crippen LogP contribution in [0.1, 0.15) is 0 Å². The van der Waals surface area contributed by atoms with E-state index in [1.165, 1.54) is 12.1 Å². The lowest BCUT2D eigenvalue weighted by Gasteiger charge is -2.36. The molecule has 1 aromatic heterocycles. The van der Waals surface area contributed by atoms with E-state index >= 15 is 0 Å². The van der Waals surface area contributed by atoms with Crippen molar-refractivity contribution in [1.82, 2.24) is 9.97 Å². The van der Waals surface area contributed by atoms with Crippen LogP contribution in [0.5, 0.6) is 0 Å². The summed E-state index contributed by atoms with van der Waals surface area (Å²) in [5, 5.41) is 19.5. The van der Waals surface area contributed by atoms with Crippen LogP contribution in [0.15, 0.2) is 18.2 Å². The van der Waals surface area contributed by atoms with Gasteiger partial charge in [-0.15, -0.1) is 0 Å². The second-order valence-electron chi connectivity index (χ2n) is 4.46. The van der Waals surface area contributed by atoms with Gasteiger partial charge in [-0.3, -0.25) is 14.9 Å². The van der Waals surface area contributed by atoms with E-state index < -0.39 is 10.9 Å². The first kappa shape index (κ1) is 11.5. The average molecular weight is 262 g/mol. The number of nitrogens with one attached hydrogen (secondary N) is 1. The van der Waals surface area contributed by atoms with Crippen molar-refractivity contribution in [2.45, 2.75) is 0 Å². The second-order valence-corrected chi connectivity index (χ2v) is 4.46. The summed E-state index contributed by atoms with van der Waals surface area (Å²) < 4.78 is 0. The van der Waals surface area contributed by atoms with E-state index in [0.717, 1.165) is 0 Å². The number of nitro groups is 1. The fraction of sp³-hybridized carbons (Fsp3) is 0.273. The fourth-order valence-electron chi connectivity index (χ4n) is 2.06. The summed E-state index contributed by atoms with van der Waals surface area (Å²) in [5.41, 5.74) is 1.19. The van der Waals surface area contributed by atoms with Crippen LogP contribution in [0.2, 0.25) is 0 Å². The minimum atomic E-state index is -0.817. The van der Waals surface area contributed by atoms with Crippen LogP contribution in [-0.2, 0) is 4.79 Å². The normalized spacial score (nSPS) is 15.5. The molecule has 2 N–H and O–H groups in total. The Hall–Kier alpha value is -2.64. The first-order valence-corrected chi connectivity index (χ1v) is 5.66. The van der Waals surface area contributed by atoms with Crippen LogP contribution >= 0.6 is 0 Å². The molecule has 0 amide bonds. The van der Waals surface area contributed by atoms with Gasteiger partial charge in [0, 0.05) is 25.2 Å². The predicted octanol–water partition coefficient (Wildman–Crippen LogP) is 0.992. The van der Waals surface area contributed by atoms with Crippen molar-refractivity contribution in [3.63, 3.8) is 0 Å². The lowest BCUT2D eigenvalue weighted by molar-refractivity contribution is -0.384. The van der Waals surface area contributed by atoms with E-state index in [9.17, 15) is 14.9 Å². The maximum absolute atomic E-state index is 10.7. The zero-order chi connectivity index (χ0) is 13.6. The number of hydrogen-bond acceptors (Lipinski definition) is 5. The Bertz CT molecular complexity index is 674. The Balaban J connectivity index is 1.87. The summed E-state index contributed by atoms with van der Waals surface area (Å²) >= 11 is 0. The summed E-state index contributed by atoms with van der Waals surface area (Å²) in [7, 11) is 0. The number of rotatable bonds is 3. The Morgan fingerprint density at radius 1 is 1.53 bits per heavy atom. The number of imidazole rings is 1. The molecule has 0 spiro atoms. The first-order valence-electron chi connectivity index (χ1n) is 5.66. The summed E-state index contributed by atoms with van der Waals surface area (Å²) in [4.78, 5) is 30.0. The van der Waals surface area contributed by atoms with Crippen molar-refractivity contribution in [3.8, 4) is 0 Å². The first-order chi connectivity index (χ1) is 9.04. The third-order valence-electron chi connectivity index (χ3n) is 3.19. The molecule has 98 valence electrons. The number of carboxylic acids is 1. The largest absolute Gasteiger partial charge is 0.481 e. The highest BCUT2D eigenvalue weighted by molar-refractivity contribution is 5.81. The number of aliphatic carboxylic acids is 1. The number of benzene rings is 1. The molecule has 1 saturated heterocycles. The number of carbonyl (C=O) groups is 1. The van der Waals surface area contributed by atoms with Crippen LogP contribution in [0.25, 0.3) is 11.0 Å². The van der Waals surface area contributed by atoms with Crippen LogP contribution in [0.4, 0.5) is 11.6 Å². The number of aromatic nitrogens is 2. The SMILES string of the molecule is O=C(O)C1CN(c2nc3ccc([N+](=O)[O-])cc3[nH]2)C1. The van der Waals surface area contributed by atoms with Gasteiger partial charge in [0.15, 0.2) is 0 Å². The lowest BCUT2D eigenvalue weighted by Crippen LogP contribution is -2.50. The van der Waals surface area contributed by atoms with Gasteiger partial charge >= 0.3 is 5.97 Å². The monoisotopic (exact) mass is 262 g/mol. The highest BCUT2D eigenvalue weighted by Crippen LogP contribution is 2.26. The van der Waals surface area contributed by atoms with Crippen LogP contribution < -0.4 is 4.90 Å². The van der Waals surface area contributed by atoms with Gasteiger partial charge < -0.3 is 15.0 Å². The molecule has 1 aromatic carbocycles. The summed E-state index contributed by atoms with van der Waals surface area (Å²) in [6, 6.07) is 4.38. The highest BCUT2D eigenvalue weighted by Gasteiger charge is 2.34. The number of H-pyrrole nitrogens is 1. The zero-order valence-electron chi connectivity index (χ0n) is 9.74. The molecule has 19 heavy (non-hydrogen) atoms. The quantitative estimate of drug-likeness (QED) is 0.630. The summed E-state index contributed by atoms with van der Waals surface area (Å²) in [6.07, 6.45) is 0. The van der Waals surface area contributed by atoms with E-state index in [1.807, 2.05) is 0 Å². The molecule has 0 radical (unpaired) electrons. The van der Waals surface area contributed by atoms with Crippen molar-refractivity contribution in [3.05, 3.63) is 28.3 Å². The standard InChI is InChI=1S/C11H10N4O4/c16-10(17)6-4-14(5-6)11-12-8-2-1-7(15(18)19)3-9(8)13-11/h1-3,6H,4-5H2,(H,12,13)(H,16,17). The van der Waals surface area contributed by atoms with Gasteiger partial charge in [0.05, 0.1) is 21.9 Å². The number of nitro benzene ring substituents is 1. The molecule has 0 saturated carbocycles. The number of aromatic amines is 1. The number of nitrogens with zero attached hydrogens (tertiary/aromatic N) is 3. The van der Waals surface area contributed by atoms with E-state index in [1.54, 1.807) is 11.0 Å². The topological polar surface area (TPSA) is 112 Å². The third-order valence-corrected chi connectivity index (χ3v) is 3.19. The van der Waals surface area contributed by atoms with E-state index in [4.69, 9.17) is 5.11 Å². The Kier molecular flexibility index (Phi) is 2.37. The number of non-ortho nitro benzene ring substituents is 1. The number of fused-ring (bicyclic) bond motifs is 1. The van der Waals surface area contributed by atoms with Crippen molar-refractivity contribution in [2.75, 3.05) is 18.0 Å². The summed E-state index contributed by atoms with van der Waals surface area (Å²) in [5.74, 6) is -0.640. The maximum atomic E-state index is 10.7. The van der Waals surface area contributed by atoms with Gasteiger partial charge in [-0.25, -0.2) is 4.98 Å². The molecule has 8 nitrogen and oxygen atoms in total. The fourth-order valence-corrected chi connectivity index (χ4v) is 2.06. The number of carboxylic acid groups (broad SMARTS) is 1. The molecular formula is C11H10N4O4. The van der Waals surface area contributed by atoms with Gasteiger partial charge in [0.2, 0.25) is 5.95 Å². The van der Waals surface area contributed by atoms with Gasteiger partial charge in [-0.1, -0.05) is 0 Å². The zero-order valence-corrected chi connectivity index (χ0v) is 9.74. The van der Waals surface area contributed by atoms with Crippen molar-refractivity contribution in [2.24, 2.45) is 5.92 Å². The number of anilines is 1. The minimum Gasteiger partial charge on any atom is -0.481 e. The average Bonchev–Trinajstić information content (AvgIpc) is 2.67. The van der Waals surface area contributed by atoms with Gasteiger partial charge in [0.25, 0.3) is 5.69 Å². The van der Waals surface area contributed by atoms with Crippen LogP contribution in [-0.4, -0.2) is 39.1 Å². The van der Waals surface area contributed by atoms with E-state index in [-0.39, 0.29) is 11.6 Å². The van der Waals surface area contributed by atoms with Gasteiger partial charge in [-0.2, -0.15) is 0 Å². The molecule has 0 atom stereocenters. The molecule has 2 heterocycles. The van der Waals surface area contributed by atoms with Crippen molar-refractivity contribution < 1.29 is 14.8 Å². The molecular weight excluding hydrogens is 252 g/mol. The van der Waals surface area contributed by atoms with Gasteiger partial charge in [0.1, 0.15) is 0 Å². The molecule has 2 aromatic rings. The van der Waals surface area contributed by atoms with Gasteiger partial charge in [-0.05, 0) is 6.07 Å². The second kappa shape index (κ2) is 3.94. The molecule has 1 aliphatic heterocycles. The molecule has 0 unspecified atom stereocenters. The molecule has 0 bridgehead atoms. The predicted molar refractivity (Wildman–Crippen MR) is 66.1 cm³/mol. The molecule has 1 fully saturated rings. The lowest BCUT2D eigenvalue weighted by atomic mass is 10.0. The van der Waals surface area contributed by atoms with Crippen LogP contribution in [0.3, 0.4) is 0 Å². The van der Waals surface area contributed by atoms with E-state index in [2.05, 4.69) is 9.97 Å². The third kappa shape index (κ3) is 1.86.